The molecule has 0 unspecified atom stereocenters. The van der Waals surface area contributed by atoms with Gasteiger partial charge in [-0.3, -0.25) is 4.79 Å². The number of benzene rings is 15. The molecule has 0 bridgehead atoms. The van der Waals surface area contributed by atoms with Crippen molar-refractivity contribution in [3.63, 3.8) is 0 Å². The highest BCUT2D eigenvalue weighted by Gasteiger charge is 2.34. The van der Waals surface area contributed by atoms with Crippen LogP contribution in [0.1, 0.15) is 15.9 Å². The smallest absolute Gasteiger partial charge is 0.194 e. The minimum absolute atomic E-state index is 0.109. The molecule has 0 aromatic heterocycles. The van der Waals surface area contributed by atoms with Gasteiger partial charge in [0.05, 0.1) is 0 Å². The second-order valence-corrected chi connectivity index (χ2v) is 19.2. The Morgan fingerprint density at radius 3 is 0.941 bits per heavy atom. The molecule has 68 heavy (non-hydrogen) atoms. The lowest BCUT2D eigenvalue weighted by molar-refractivity contribution is 0.104. The van der Waals surface area contributed by atoms with Gasteiger partial charge in [0.25, 0.3) is 0 Å². The molecule has 17 rings (SSSR count). The van der Waals surface area contributed by atoms with Crippen molar-refractivity contribution < 1.29 is 4.79 Å². The van der Waals surface area contributed by atoms with E-state index in [1.165, 1.54) is 147 Å². The first-order chi connectivity index (χ1) is 33.7. The fourth-order valence-corrected chi connectivity index (χ4v) is 13.7. The molecular weight excluding hydrogens is 821 g/mol. The van der Waals surface area contributed by atoms with Crippen molar-refractivity contribution in [1.29, 1.82) is 0 Å². The molecule has 0 aliphatic heterocycles. The summed E-state index contributed by atoms with van der Waals surface area (Å²) in [5.74, 6) is 0.109. The summed E-state index contributed by atoms with van der Waals surface area (Å²) in [5.41, 5.74) is 14.0. The Hall–Kier alpha value is -8.91. The van der Waals surface area contributed by atoms with Crippen LogP contribution in [0.2, 0.25) is 0 Å². The number of ketones is 1. The highest BCUT2D eigenvalue weighted by atomic mass is 16.1. The molecule has 2 aliphatic rings. The molecule has 0 saturated heterocycles. The van der Waals surface area contributed by atoms with Crippen molar-refractivity contribution in [3.8, 4) is 55.6 Å². The van der Waals surface area contributed by atoms with Crippen LogP contribution < -0.4 is 0 Å². The number of carbonyl (C=O) groups excluding carboxylic acids is 1. The van der Waals surface area contributed by atoms with Crippen molar-refractivity contribution in [2.24, 2.45) is 0 Å². The summed E-state index contributed by atoms with van der Waals surface area (Å²) in [7, 11) is 0. The van der Waals surface area contributed by atoms with Gasteiger partial charge in [-0.2, -0.15) is 0 Å². The standard InChI is InChI=1S/C67H34O/c68-67-51-22-12-9-19-39(51)42-23-24-47-43-25-26-44-48-29-32-52-62-53(33-30-49(60(48)62)45-27-28-46(57(43)58(44)45)50-31-34-54(67)61(42)59(47)50)66-56(36-15-5-2-6-16-36)64-41-21-11-8-18-38(41)37-17-7-10-20-40(37)63(64)55(65(52)66)35-13-3-1-4-14-35/h1-34H. The molecule has 1 nitrogen and oxygen atoms in total. The van der Waals surface area contributed by atoms with Crippen molar-refractivity contribution in [3.05, 3.63) is 217 Å². The van der Waals surface area contributed by atoms with E-state index < -0.39 is 0 Å². The Balaban J connectivity index is 1.04. The van der Waals surface area contributed by atoms with Gasteiger partial charge in [-0.15, -0.1) is 0 Å². The van der Waals surface area contributed by atoms with E-state index in [0.717, 1.165) is 27.6 Å². The van der Waals surface area contributed by atoms with E-state index in [1.54, 1.807) is 0 Å². The summed E-state index contributed by atoms with van der Waals surface area (Å²) < 4.78 is 0. The van der Waals surface area contributed by atoms with Crippen LogP contribution in [0.25, 0.3) is 163 Å². The molecule has 0 atom stereocenters. The monoisotopic (exact) mass is 854 g/mol. The molecule has 0 radical (unpaired) electrons. The summed E-state index contributed by atoms with van der Waals surface area (Å²) in [5, 5.41) is 25.2. The third-order valence-electron chi connectivity index (χ3n) is 16.2. The van der Waals surface area contributed by atoms with Gasteiger partial charge in [-0.25, -0.2) is 0 Å². The molecule has 0 spiro atoms. The summed E-state index contributed by atoms with van der Waals surface area (Å²) in [6.07, 6.45) is 0. The molecular formula is C67H34O. The lowest BCUT2D eigenvalue weighted by atomic mass is 9.78. The first kappa shape index (κ1) is 35.4. The Kier molecular flexibility index (Phi) is 6.39. The van der Waals surface area contributed by atoms with Gasteiger partial charge >= 0.3 is 0 Å². The van der Waals surface area contributed by atoms with Crippen molar-refractivity contribution in [2.45, 2.75) is 0 Å². The molecule has 0 fully saturated rings. The van der Waals surface area contributed by atoms with Gasteiger partial charge in [-0.1, -0.05) is 200 Å². The van der Waals surface area contributed by atoms with E-state index in [0.29, 0.717) is 0 Å². The summed E-state index contributed by atoms with van der Waals surface area (Å²) in [6, 6.07) is 76.6. The topological polar surface area (TPSA) is 17.1 Å². The molecule has 1 heteroatoms. The Labute approximate surface area is 389 Å². The van der Waals surface area contributed by atoms with Crippen LogP contribution in [-0.4, -0.2) is 5.78 Å². The van der Waals surface area contributed by atoms with Gasteiger partial charge in [0.1, 0.15) is 0 Å². The minimum atomic E-state index is 0.109. The van der Waals surface area contributed by atoms with Gasteiger partial charge in [0.2, 0.25) is 0 Å². The van der Waals surface area contributed by atoms with Gasteiger partial charge < -0.3 is 0 Å². The van der Waals surface area contributed by atoms with Crippen LogP contribution >= 0.6 is 0 Å². The maximum atomic E-state index is 14.1. The second kappa shape index (κ2) is 12.3. The first-order valence-electron chi connectivity index (χ1n) is 23.7. The van der Waals surface area contributed by atoms with Crippen LogP contribution in [0.5, 0.6) is 0 Å². The number of hydrogen-bond donors (Lipinski definition) is 0. The van der Waals surface area contributed by atoms with Crippen LogP contribution in [0.3, 0.4) is 0 Å². The Bertz CT molecular complexity index is 4600. The summed E-state index contributed by atoms with van der Waals surface area (Å²) in [4.78, 5) is 14.1. The zero-order chi connectivity index (χ0) is 44.1. The molecule has 0 amide bonds. The highest BCUT2D eigenvalue weighted by molar-refractivity contribution is 6.46. The Morgan fingerprint density at radius 2 is 0.485 bits per heavy atom. The van der Waals surface area contributed by atoms with Gasteiger partial charge in [0, 0.05) is 16.5 Å². The van der Waals surface area contributed by atoms with Gasteiger partial charge in [0.15, 0.2) is 5.78 Å². The minimum Gasteiger partial charge on any atom is -0.289 e. The van der Waals surface area contributed by atoms with E-state index >= 15 is 0 Å². The predicted octanol–water partition coefficient (Wildman–Crippen LogP) is 18.3. The Morgan fingerprint density at radius 1 is 0.176 bits per heavy atom. The van der Waals surface area contributed by atoms with Crippen molar-refractivity contribution in [1.82, 2.24) is 0 Å². The summed E-state index contributed by atoms with van der Waals surface area (Å²) in [6.45, 7) is 0. The molecule has 0 saturated carbocycles. The van der Waals surface area contributed by atoms with Crippen LogP contribution in [0.15, 0.2) is 206 Å². The molecule has 2 aliphatic carbocycles. The molecule has 0 N–H and O–H groups in total. The fourth-order valence-electron chi connectivity index (χ4n) is 13.7. The normalized spacial score (nSPS) is 13.0. The second-order valence-electron chi connectivity index (χ2n) is 19.2. The number of rotatable bonds is 2. The zero-order valence-corrected chi connectivity index (χ0v) is 36.5. The number of carbonyl (C=O) groups is 1. The number of hydrogen-bond acceptors (Lipinski definition) is 1. The van der Waals surface area contributed by atoms with E-state index in [-0.39, 0.29) is 5.78 Å². The van der Waals surface area contributed by atoms with Crippen LogP contribution in [0.4, 0.5) is 0 Å². The lowest BCUT2D eigenvalue weighted by Gasteiger charge is -2.24. The third kappa shape index (κ3) is 4.07. The number of fused-ring (bicyclic) bond motifs is 15. The van der Waals surface area contributed by atoms with E-state index in [1.807, 2.05) is 18.2 Å². The maximum Gasteiger partial charge on any atom is 0.194 e. The van der Waals surface area contributed by atoms with Crippen molar-refractivity contribution >= 4 is 114 Å². The van der Waals surface area contributed by atoms with E-state index in [2.05, 4.69) is 188 Å². The largest absolute Gasteiger partial charge is 0.289 e. The predicted molar refractivity (Wildman–Crippen MR) is 288 cm³/mol. The zero-order valence-electron chi connectivity index (χ0n) is 36.5. The SMILES string of the molecule is O=C1c2ccccc2-c2ccc3c4ccc5c6ccc7c8c(ccc(c9ccc(c%10ccc1c2c%103)c4c95)c86)-c1c-7c(-c2ccccc2)c2c3ccccc3c3ccccc3c2c1-c1ccccc1. The van der Waals surface area contributed by atoms with Crippen LogP contribution in [-0.2, 0) is 0 Å². The molecule has 308 valence electrons. The van der Waals surface area contributed by atoms with Crippen LogP contribution in [0, 0.1) is 0 Å². The average Bonchev–Trinajstić information content (AvgIpc) is 3.74. The first-order valence-corrected chi connectivity index (χ1v) is 23.7. The molecule has 15 aromatic carbocycles. The van der Waals surface area contributed by atoms with Crippen molar-refractivity contribution in [2.75, 3.05) is 0 Å². The fraction of sp³-hybridized carbons (Fsp3) is 0. The quantitative estimate of drug-likeness (QED) is 0.125. The highest BCUT2D eigenvalue weighted by Crippen LogP contribution is 2.62. The average molecular weight is 855 g/mol. The third-order valence-corrected chi connectivity index (χ3v) is 16.2. The maximum absolute atomic E-state index is 14.1. The summed E-state index contributed by atoms with van der Waals surface area (Å²) >= 11 is 0. The van der Waals surface area contributed by atoms with E-state index in [9.17, 15) is 4.79 Å². The van der Waals surface area contributed by atoms with Gasteiger partial charge in [-0.05, 0) is 164 Å². The van der Waals surface area contributed by atoms with E-state index in [4.69, 9.17) is 0 Å². The lowest BCUT2D eigenvalue weighted by Crippen LogP contribution is -2.10. The molecule has 15 aromatic rings. The molecule has 0 heterocycles.